The molecule has 1 aromatic heterocycles. The van der Waals surface area contributed by atoms with E-state index in [0.717, 1.165) is 16.7 Å². The molecule has 1 saturated heterocycles. The van der Waals surface area contributed by atoms with Crippen molar-refractivity contribution in [2.24, 2.45) is 5.92 Å². The van der Waals surface area contributed by atoms with Crippen molar-refractivity contribution in [3.05, 3.63) is 71.8 Å². The van der Waals surface area contributed by atoms with Gasteiger partial charge in [0.2, 0.25) is 17.7 Å². The van der Waals surface area contributed by atoms with Crippen LogP contribution in [0.15, 0.2) is 65.2 Å². The Kier molecular flexibility index (Phi) is 4.93. The number of nitrogens with one attached hydrogen (secondary N) is 1. The number of carbonyl (C=O) groups is 2. The number of hydrogen-bond donors (Lipinski definition) is 1. The van der Waals surface area contributed by atoms with E-state index in [0.29, 0.717) is 18.8 Å². The quantitative estimate of drug-likeness (QED) is 0.739. The maximum atomic E-state index is 12.6. The SMILES string of the molecule is Cc1ccc(-c2cc(NC(=O)[C@H]3CC(=O)N(Cc4ccccc4)C3)on2)cc1. The van der Waals surface area contributed by atoms with Crippen molar-refractivity contribution in [1.29, 1.82) is 0 Å². The second-order valence-electron chi connectivity index (χ2n) is 7.09. The van der Waals surface area contributed by atoms with E-state index in [9.17, 15) is 9.59 Å². The molecule has 1 aliphatic heterocycles. The third-order valence-electron chi connectivity index (χ3n) is 4.91. The van der Waals surface area contributed by atoms with Gasteiger partial charge in [-0.1, -0.05) is 65.3 Å². The molecule has 6 nitrogen and oxygen atoms in total. The smallest absolute Gasteiger partial charge is 0.232 e. The molecule has 1 atom stereocenters. The molecule has 1 N–H and O–H groups in total. The van der Waals surface area contributed by atoms with Gasteiger partial charge in [0.25, 0.3) is 0 Å². The van der Waals surface area contributed by atoms with Crippen molar-refractivity contribution in [1.82, 2.24) is 10.1 Å². The van der Waals surface area contributed by atoms with Crippen LogP contribution in [0.1, 0.15) is 17.5 Å². The van der Waals surface area contributed by atoms with Crippen LogP contribution >= 0.6 is 0 Å². The third-order valence-corrected chi connectivity index (χ3v) is 4.91. The van der Waals surface area contributed by atoms with Gasteiger partial charge in [-0.15, -0.1) is 0 Å². The Morgan fingerprint density at radius 2 is 1.93 bits per heavy atom. The summed E-state index contributed by atoms with van der Waals surface area (Å²) in [5.74, 6) is -0.351. The van der Waals surface area contributed by atoms with Gasteiger partial charge in [-0.3, -0.25) is 14.9 Å². The lowest BCUT2D eigenvalue weighted by Gasteiger charge is -2.16. The molecule has 0 saturated carbocycles. The topological polar surface area (TPSA) is 75.4 Å². The molecule has 1 aliphatic rings. The highest BCUT2D eigenvalue weighted by Crippen LogP contribution is 2.25. The highest BCUT2D eigenvalue weighted by Gasteiger charge is 2.34. The summed E-state index contributed by atoms with van der Waals surface area (Å²) in [7, 11) is 0. The number of benzene rings is 2. The summed E-state index contributed by atoms with van der Waals surface area (Å²) in [5, 5.41) is 6.76. The predicted octanol–water partition coefficient (Wildman–Crippen LogP) is 3.64. The highest BCUT2D eigenvalue weighted by atomic mass is 16.5. The van der Waals surface area contributed by atoms with E-state index >= 15 is 0 Å². The zero-order chi connectivity index (χ0) is 19.5. The van der Waals surface area contributed by atoms with Crippen molar-refractivity contribution in [2.75, 3.05) is 11.9 Å². The fraction of sp³-hybridized carbons (Fsp3) is 0.227. The maximum Gasteiger partial charge on any atom is 0.232 e. The van der Waals surface area contributed by atoms with E-state index in [-0.39, 0.29) is 24.1 Å². The maximum absolute atomic E-state index is 12.6. The molecule has 0 radical (unpaired) electrons. The molecule has 2 heterocycles. The van der Waals surface area contributed by atoms with Crippen LogP contribution in [0.25, 0.3) is 11.3 Å². The Balaban J connectivity index is 1.38. The van der Waals surface area contributed by atoms with Crippen molar-refractivity contribution in [3.63, 3.8) is 0 Å². The molecule has 0 aliphatic carbocycles. The Hall–Kier alpha value is -3.41. The number of rotatable bonds is 5. The monoisotopic (exact) mass is 375 g/mol. The van der Waals surface area contributed by atoms with Crippen LogP contribution in [0.2, 0.25) is 0 Å². The number of nitrogens with zero attached hydrogens (tertiary/aromatic N) is 2. The zero-order valence-corrected chi connectivity index (χ0v) is 15.6. The molecule has 6 heteroatoms. The number of likely N-dealkylation sites (tertiary alicyclic amines) is 1. The van der Waals surface area contributed by atoms with E-state index in [1.807, 2.05) is 61.5 Å². The number of aromatic nitrogens is 1. The summed E-state index contributed by atoms with van der Waals surface area (Å²) in [6.45, 7) is 2.93. The van der Waals surface area contributed by atoms with Crippen LogP contribution in [0.3, 0.4) is 0 Å². The third kappa shape index (κ3) is 3.96. The molecule has 2 aromatic carbocycles. The molecule has 0 spiro atoms. The summed E-state index contributed by atoms with van der Waals surface area (Å²) >= 11 is 0. The standard InChI is InChI=1S/C22H21N3O3/c1-15-7-9-17(10-8-15)19-12-20(28-24-19)23-22(27)18-11-21(26)25(14-18)13-16-5-3-2-4-6-16/h2-10,12,18H,11,13-14H2,1H3,(H,23,27)/t18-/m0/s1. The Morgan fingerprint density at radius 1 is 1.18 bits per heavy atom. The zero-order valence-electron chi connectivity index (χ0n) is 15.6. The minimum atomic E-state index is -0.399. The number of hydrogen-bond acceptors (Lipinski definition) is 4. The van der Waals surface area contributed by atoms with Crippen LogP contribution in [0.4, 0.5) is 5.88 Å². The van der Waals surface area contributed by atoms with Crippen LogP contribution in [-0.4, -0.2) is 28.4 Å². The lowest BCUT2D eigenvalue weighted by atomic mass is 10.1. The second kappa shape index (κ2) is 7.68. The lowest BCUT2D eigenvalue weighted by molar-refractivity contribution is -0.128. The van der Waals surface area contributed by atoms with Gasteiger partial charge in [0, 0.05) is 31.1 Å². The van der Waals surface area contributed by atoms with E-state index in [1.54, 1.807) is 11.0 Å². The van der Waals surface area contributed by atoms with Crippen LogP contribution < -0.4 is 5.32 Å². The predicted molar refractivity (Wildman–Crippen MR) is 105 cm³/mol. The number of anilines is 1. The first-order valence-electron chi connectivity index (χ1n) is 9.25. The molecular formula is C22H21N3O3. The molecule has 3 aromatic rings. The first-order chi connectivity index (χ1) is 13.6. The minimum Gasteiger partial charge on any atom is -0.338 e. The molecule has 1 fully saturated rings. The van der Waals surface area contributed by atoms with Crippen LogP contribution in [0, 0.1) is 12.8 Å². The van der Waals surface area contributed by atoms with Gasteiger partial charge < -0.3 is 9.42 Å². The van der Waals surface area contributed by atoms with E-state index < -0.39 is 5.92 Å². The second-order valence-corrected chi connectivity index (χ2v) is 7.09. The molecule has 0 unspecified atom stereocenters. The molecule has 4 rings (SSSR count). The Bertz CT molecular complexity index is 980. The summed E-state index contributed by atoms with van der Waals surface area (Å²) in [6.07, 6.45) is 0.206. The van der Waals surface area contributed by atoms with Crippen LogP contribution in [-0.2, 0) is 16.1 Å². The first-order valence-corrected chi connectivity index (χ1v) is 9.25. The molecular weight excluding hydrogens is 354 g/mol. The molecule has 28 heavy (non-hydrogen) atoms. The van der Waals surface area contributed by atoms with Gasteiger partial charge in [0.1, 0.15) is 5.69 Å². The molecule has 2 amide bonds. The number of aryl methyl sites for hydroxylation is 1. The number of carbonyl (C=O) groups excluding carboxylic acids is 2. The van der Waals surface area contributed by atoms with E-state index in [1.165, 1.54) is 0 Å². The van der Waals surface area contributed by atoms with Gasteiger partial charge in [0.15, 0.2) is 0 Å². The lowest BCUT2D eigenvalue weighted by Crippen LogP contribution is -2.27. The fourth-order valence-corrected chi connectivity index (χ4v) is 3.32. The average Bonchev–Trinajstić information content (AvgIpc) is 3.30. The summed E-state index contributed by atoms with van der Waals surface area (Å²) in [6, 6.07) is 19.4. The van der Waals surface area contributed by atoms with Gasteiger partial charge in [-0.05, 0) is 12.5 Å². The summed E-state index contributed by atoms with van der Waals surface area (Å²) in [4.78, 5) is 26.6. The normalized spacial score (nSPS) is 16.4. The van der Waals surface area contributed by atoms with Gasteiger partial charge in [0.05, 0.1) is 5.92 Å². The summed E-state index contributed by atoms with van der Waals surface area (Å²) < 4.78 is 5.25. The van der Waals surface area contributed by atoms with Crippen molar-refractivity contribution < 1.29 is 14.1 Å². The highest BCUT2D eigenvalue weighted by molar-refractivity contribution is 5.96. The largest absolute Gasteiger partial charge is 0.338 e. The van der Waals surface area contributed by atoms with Crippen molar-refractivity contribution in [2.45, 2.75) is 19.9 Å². The minimum absolute atomic E-state index is 0.0121. The van der Waals surface area contributed by atoms with Crippen molar-refractivity contribution in [3.8, 4) is 11.3 Å². The molecule has 142 valence electrons. The Morgan fingerprint density at radius 3 is 2.68 bits per heavy atom. The van der Waals surface area contributed by atoms with Gasteiger partial charge in [-0.2, -0.15) is 0 Å². The fourth-order valence-electron chi connectivity index (χ4n) is 3.32. The summed E-state index contributed by atoms with van der Waals surface area (Å²) in [5.41, 5.74) is 3.78. The molecule has 0 bridgehead atoms. The van der Waals surface area contributed by atoms with Crippen molar-refractivity contribution >= 4 is 17.7 Å². The first kappa shape index (κ1) is 18.0. The average molecular weight is 375 g/mol. The Labute approximate surface area is 163 Å². The van der Waals surface area contributed by atoms with E-state index in [2.05, 4.69) is 10.5 Å². The van der Waals surface area contributed by atoms with Crippen LogP contribution in [0.5, 0.6) is 0 Å². The van der Waals surface area contributed by atoms with E-state index in [4.69, 9.17) is 4.52 Å². The van der Waals surface area contributed by atoms with Gasteiger partial charge in [-0.25, -0.2) is 0 Å². The van der Waals surface area contributed by atoms with Gasteiger partial charge >= 0.3 is 0 Å². The number of amides is 2.